The number of hydrogen-bond donors (Lipinski definition) is 0. The van der Waals surface area contributed by atoms with Gasteiger partial charge in [0.1, 0.15) is 18.0 Å². The minimum absolute atomic E-state index is 0.0428. The lowest BCUT2D eigenvalue weighted by atomic mass is 9.93. The van der Waals surface area contributed by atoms with Crippen molar-refractivity contribution in [2.45, 2.75) is 45.3 Å². The first-order valence-electron chi connectivity index (χ1n) is 4.83. The predicted octanol–water partition coefficient (Wildman–Crippen LogP) is 0.603. The van der Waals surface area contributed by atoms with E-state index in [4.69, 9.17) is 9.47 Å². The van der Waals surface area contributed by atoms with Crippen molar-refractivity contribution in [3.05, 3.63) is 0 Å². The molecular formula is C10H14O5. The normalized spacial score (nSPS) is 25.9. The molecule has 84 valence electrons. The highest BCUT2D eigenvalue weighted by atomic mass is 16.6. The van der Waals surface area contributed by atoms with Gasteiger partial charge in [0.05, 0.1) is 0 Å². The van der Waals surface area contributed by atoms with Gasteiger partial charge in [-0.2, -0.15) is 0 Å². The lowest BCUT2D eigenvalue weighted by molar-refractivity contribution is -0.158. The summed E-state index contributed by atoms with van der Waals surface area (Å²) in [6.07, 6.45) is -0.0549. The molecule has 0 aromatic carbocycles. The number of esters is 2. The highest BCUT2D eigenvalue weighted by Crippen LogP contribution is 2.21. The number of ketones is 1. The number of carbonyl (C=O) groups is 3. The van der Waals surface area contributed by atoms with E-state index in [1.165, 1.54) is 13.8 Å². The molecule has 0 spiro atoms. The molecule has 0 radical (unpaired) electrons. The van der Waals surface area contributed by atoms with Crippen molar-refractivity contribution in [3.8, 4) is 0 Å². The van der Waals surface area contributed by atoms with Crippen molar-refractivity contribution in [1.29, 1.82) is 0 Å². The van der Waals surface area contributed by atoms with Crippen LogP contribution in [-0.4, -0.2) is 29.9 Å². The van der Waals surface area contributed by atoms with Gasteiger partial charge in [0, 0.05) is 33.1 Å². The maximum atomic E-state index is 11.3. The van der Waals surface area contributed by atoms with Crippen molar-refractivity contribution in [2.75, 3.05) is 0 Å². The summed E-state index contributed by atoms with van der Waals surface area (Å²) in [5.41, 5.74) is 0. The van der Waals surface area contributed by atoms with E-state index >= 15 is 0 Å². The largest absolute Gasteiger partial charge is 0.462 e. The van der Waals surface area contributed by atoms with Crippen LogP contribution in [0, 0.1) is 0 Å². The SMILES string of the molecule is CC(=O)O[C@H]1CC(=O)C[C@H](OC(C)=O)C1. The molecule has 1 rings (SSSR count). The summed E-state index contributed by atoms with van der Waals surface area (Å²) in [4.78, 5) is 32.7. The maximum absolute atomic E-state index is 11.3. The summed E-state index contributed by atoms with van der Waals surface area (Å²) in [6.45, 7) is 2.58. The van der Waals surface area contributed by atoms with Crippen molar-refractivity contribution in [3.63, 3.8) is 0 Å². The molecule has 5 heteroatoms. The molecule has 0 N–H and O–H groups in total. The fourth-order valence-corrected chi connectivity index (χ4v) is 1.70. The molecule has 1 aliphatic rings. The van der Waals surface area contributed by atoms with Crippen molar-refractivity contribution in [1.82, 2.24) is 0 Å². The van der Waals surface area contributed by atoms with Gasteiger partial charge in [-0.1, -0.05) is 0 Å². The van der Waals surface area contributed by atoms with E-state index in [1.807, 2.05) is 0 Å². The minimum Gasteiger partial charge on any atom is -0.462 e. The Balaban J connectivity index is 2.51. The van der Waals surface area contributed by atoms with E-state index in [-0.39, 0.29) is 18.6 Å². The predicted molar refractivity (Wildman–Crippen MR) is 50.0 cm³/mol. The Morgan fingerprint density at radius 3 is 1.80 bits per heavy atom. The standard InChI is InChI=1S/C10H14O5/c1-6(11)14-9-3-8(13)4-10(5-9)15-7(2)12/h9-10H,3-5H2,1-2H3/t9-,10-/m0/s1. The van der Waals surface area contributed by atoms with Crippen LogP contribution in [0.4, 0.5) is 0 Å². The monoisotopic (exact) mass is 214 g/mol. The topological polar surface area (TPSA) is 69.7 Å². The molecule has 0 heterocycles. The summed E-state index contributed by atoms with van der Waals surface area (Å²) in [6, 6.07) is 0. The van der Waals surface area contributed by atoms with E-state index in [9.17, 15) is 14.4 Å². The highest BCUT2D eigenvalue weighted by molar-refractivity contribution is 5.81. The first-order valence-corrected chi connectivity index (χ1v) is 4.83. The van der Waals surface area contributed by atoms with Crippen LogP contribution >= 0.6 is 0 Å². The smallest absolute Gasteiger partial charge is 0.302 e. The van der Waals surface area contributed by atoms with Crippen LogP contribution in [0.25, 0.3) is 0 Å². The lowest BCUT2D eigenvalue weighted by Crippen LogP contribution is -2.35. The molecule has 0 bridgehead atoms. The second kappa shape index (κ2) is 4.91. The van der Waals surface area contributed by atoms with E-state index in [0.29, 0.717) is 6.42 Å². The second-order valence-electron chi connectivity index (χ2n) is 3.65. The van der Waals surface area contributed by atoms with Gasteiger partial charge in [-0.3, -0.25) is 14.4 Å². The Morgan fingerprint density at radius 2 is 1.47 bits per heavy atom. The van der Waals surface area contributed by atoms with Gasteiger partial charge in [-0.15, -0.1) is 0 Å². The number of rotatable bonds is 2. The highest BCUT2D eigenvalue weighted by Gasteiger charge is 2.30. The Bertz CT molecular complexity index is 254. The van der Waals surface area contributed by atoms with Crippen LogP contribution < -0.4 is 0 Å². The second-order valence-corrected chi connectivity index (χ2v) is 3.65. The molecule has 5 nitrogen and oxygen atoms in total. The van der Waals surface area contributed by atoms with Crippen LogP contribution in [0.3, 0.4) is 0 Å². The molecule has 15 heavy (non-hydrogen) atoms. The zero-order chi connectivity index (χ0) is 11.4. The minimum atomic E-state index is -0.451. The average molecular weight is 214 g/mol. The van der Waals surface area contributed by atoms with E-state index < -0.39 is 24.1 Å². The van der Waals surface area contributed by atoms with Crippen LogP contribution in [-0.2, 0) is 23.9 Å². The van der Waals surface area contributed by atoms with Gasteiger partial charge in [0.15, 0.2) is 0 Å². The first kappa shape index (κ1) is 11.7. The van der Waals surface area contributed by atoms with Gasteiger partial charge in [0.2, 0.25) is 0 Å². The van der Waals surface area contributed by atoms with Crippen LogP contribution in [0.15, 0.2) is 0 Å². The third-order valence-electron chi connectivity index (χ3n) is 2.10. The summed E-state index contributed by atoms with van der Waals surface area (Å²) in [7, 11) is 0. The number of ether oxygens (including phenoxy) is 2. The van der Waals surface area contributed by atoms with Gasteiger partial charge in [0.25, 0.3) is 0 Å². The van der Waals surface area contributed by atoms with Crippen molar-refractivity contribution in [2.24, 2.45) is 0 Å². The molecule has 0 aromatic rings. The lowest BCUT2D eigenvalue weighted by Gasteiger charge is -2.27. The molecule has 0 aliphatic heterocycles. The first-order chi connectivity index (χ1) is 6.97. The maximum Gasteiger partial charge on any atom is 0.302 e. The van der Waals surface area contributed by atoms with Gasteiger partial charge < -0.3 is 9.47 Å². The molecular weight excluding hydrogens is 200 g/mol. The zero-order valence-corrected chi connectivity index (χ0v) is 8.82. The number of Topliss-reactive ketones (excluding diaryl/α,β-unsaturated/α-hetero) is 1. The summed E-state index contributed by atoms with van der Waals surface area (Å²) in [5, 5.41) is 0. The van der Waals surface area contributed by atoms with Crippen LogP contribution in [0.1, 0.15) is 33.1 Å². The zero-order valence-electron chi connectivity index (χ0n) is 8.82. The Morgan fingerprint density at radius 1 is 1.07 bits per heavy atom. The summed E-state index contributed by atoms with van der Waals surface area (Å²) >= 11 is 0. The fraction of sp³-hybridized carbons (Fsp3) is 0.700. The number of hydrogen-bond acceptors (Lipinski definition) is 5. The van der Waals surface area contributed by atoms with Gasteiger partial charge in [-0.25, -0.2) is 0 Å². The third kappa shape index (κ3) is 4.10. The van der Waals surface area contributed by atoms with Crippen molar-refractivity contribution < 1.29 is 23.9 Å². The third-order valence-corrected chi connectivity index (χ3v) is 2.10. The molecule has 0 unspecified atom stereocenters. The quantitative estimate of drug-likeness (QED) is 0.629. The summed E-state index contributed by atoms with van der Waals surface area (Å²) in [5.74, 6) is -0.883. The fourth-order valence-electron chi connectivity index (χ4n) is 1.70. The van der Waals surface area contributed by atoms with Crippen LogP contribution in [0.2, 0.25) is 0 Å². The Kier molecular flexibility index (Phi) is 3.82. The molecule has 1 saturated carbocycles. The van der Waals surface area contributed by atoms with E-state index in [0.717, 1.165) is 0 Å². The van der Waals surface area contributed by atoms with E-state index in [1.54, 1.807) is 0 Å². The molecule has 2 atom stereocenters. The molecule has 1 fully saturated rings. The van der Waals surface area contributed by atoms with Crippen molar-refractivity contribution >= 4 is 17.7 Å². The molecule has 0 saturated heterocycles. The molecule has 0 aromatic heterocycles. The average Bonchev–Trinajstić information content (AvgIpc) is 1.98. The van der Waals surface area contributed by atoms with Gasteiger partial charge in [-0.05, 0) is 0 Å². The van der Waals surface area contributed by atoms with E-state index in [2.05, 4.69) is 0 Å². The van der Waals surface area contributed by atoms with Gasteiger partial charge >= 0.3 is 11.9 Å². The summed E-state index contributed by atoms with van der Waals surface area (Å²) < 4.78 is 9.84. The Labute approximate surface area is 87.7 Å². The van der Waals surface area contributed by atoms with Crippen LogP contribution in [0.5, 0.6) is 0 Å². The molecule has 1 aliphatic carbocycles. The number of carbonyl (C=O) groups excluding carboxylic acids is 3. The Hall–Kier alpha value is -1.39. The molecule has 0 amide bonds.